The molecule has 0 aliphatic rings. The number of hydrogen-bond donors (Lipinski definition) is 2. The quantitative estimate of drug-likeness (QED) is 0.307. The van der Waals surface area contributed by atoms with Crippen molar-refractivity contribution in [1.82, 2.24) is 0 Å². The highest BCUT2D eigenvalue weighted by Gasteiger charge is 2.32. The first kappa shape index (κ1) is 25.5. The van der Waals surface area contributed by atoms with Gasteiger partial charge in [0.1, 0.15) is 11.5 Å². The molecule has 2 rings (SSSR count). The second-order valence-electron chi connectivity index (χ2n) is 9.50. The number of benzene rings is 2. The lowest BCUT2D eigenvalue weighted by Gasteiger charge is -2.32. The van der Waals surface area contributed by atoms with Crippen LogP contribution in [0.4, 0.5) is 5.69 Å². The Morgan fingerprint density at radius 3 is 2.06 bits per heavy atom. The fourth-order valence-electron chi connectivity index (χ4n) is 3.59. The largest absolute Gasteiger partial charge is 0.507 e. The number of phenols is 1. The zero-order valence-corrected chi connectivity index (χ0v) is 20.9. The van der Waals surface area contributed by atoms with E-state index in [1.54, 1.807) is 18.2 Å². The van der Waals surface area contributed by atoms with Crippen molar-refractivity contribution >= 4 is 17.5 Å². The van der Waals surface area contributed by atoms with Gasteiger partial charge in [0.2, 0.25) is 0 Å². The normalized spacial score (nSPS) is 12.2. The minimum atomic E-state index is -0.219. The van der Waals surface area contributed by atoms with E-state index in [4.69, 9.17) is 4.74 Å². The number of rotatable bonds is 10. The third-order valence-electron chi connectivity index (χ3n) is 6.66. The number of ketones is 1. The van der Waals surface area contributed by atoms with E-state index in [-0.39, 0.29) is 22.4 Å². The highest BCUT2D eigenvalue weighted by Crippen LogP contribution is 2.47. The van der Waals surface area contributed by atoms with Crippen LogP contribution in [0.1, 0.15) is 88.4 Å². The van der Waals surface area contributed by atoms with E-state index in [0.29, 0.717) is 23.5 Å². The number of anilines is 1. The molecule has 2 aromatic rings. The minimum Gasteiger partial charge on any atom is -0.507 e. The molecule has 0 radical (unpaired) electrons. The summed E-state index contributed by atoms with van der Waals surface area (Å²) in [5, 5.41) is 14.4. The Kier molecular flexibility index (Phi) is 8.17. The summed E-state index contributed by atoms with van der Waals surface area (Å²) in [5.74, 6) is 0.721. The molecule has 32 heavy (non-hydrogen) atoms. The Balaban J connectivity index is 2.69. The standard InChI is InChI=1S/C28H39NO3/c1-9-27(4,5)22-18-23(28(6,7)10-2)26(32-11-3)21(25(22)31)16-17-24(30)19-12-14-20(29-8)15-13-19/h12-18,29,31H,9-11H2,1-8H3. The molecule has 174 valence electrons. The Morgan fingerprint density at radius 2 is 1.56 bits per heavy atom. The molecule has 0 aromatic heterocycles. The SMILES string of the molecule is CCOc1c(C(C)(C)CC)cc(C(C)(C)CC)c(O)c1C=CC(=O)c1ccc(NC)cc1. The smallest absolute Gasteiger partial charge is 0.185 e. The second-order valence-corrected chi connectivity index (χ2v) is 9.50. The number of ether oxygens (including phenoxy) is 1. The number of nitrogens with one attached hydrogen (secondary N) is 1. The number of hydrogen-bond acceptors (Lipinski definition) is 4. The first-order valence-electron chi connectivity index (χ1n) is 11.6. The molecule has 0 fully saturated rings. The summed E-state index contributed by atoms with van der Waals surface area (Å²) in [6, 6.07) is 9.43. The van der Waals surface area contributed by atoms with Crippen molar-refractivity contribution in [2.24, 2.45) is 0 Å². The van der Waals surface area contributed by atoms with E-state index < -0.39 is 0 Å². The molecule has 0 amide bonds. The topological polar surface area (TPSA) is 58.6 Å². The summed E-state index contributed by atoms with van der Waals surface area (Å²) < 4.78 is 6.08. The summed E-state index contributed by atoms with van der Waals surface area (Å²) in [5.41, 5.74) is 3.68. The van der Waals surface area contributed by atoms with Crippen molar-refractivity contribution in [2.45, 2.75) is 72.1 Å². The Bertz CT molecular complexity index is 969. The zero-order valence-electron chi connectivity index (χ0n) is 20.9. The lowest BCUT2D eigenvalue weighted by molar-refractivity contribution is 0.104. The van der Waals surface area contributed by atoms with Gasteiger partial charge in [-0.15, -0.1) is 0 Å². The summed E-state index contributed by atoms with van der Waals surface area (Å²) >= 11 is 0. The van der Waals surface area contributed by atoms with E-state index in [0.717, 1.165) is 29.7 Å². The summed E-state index contributed by atoms with van der Waals surface area (Å²) in [7, 11) is 1.84. The molecule has 2 N–H and O–H groups in total. The number of phenolic OH excluding ortho intramolecular Hbond substituents is 1. The maximum Gasteiger partial charge on any atom is 0.185 e. The van der Waals surface area contributed by atoms with Crippen LogP contribution in [0.3, 0.4) is 0 Å². The van der Waals surface area contributed by atoms with Crippen molar-refractivity contribution in [2.75, 3.05) is 19.0 Å². The molecule has 0 saturated heterocycles. The van der Waals surface area contributed by atoms with Crippen LogP contribution in [0.2, 0.25) is 0 Å². The molecule has 0 spiro atoms. The van der Waals surface area contributed by atoms with Crippen molar-refractivity contribution in [1.29, 1.82) is 0 Å². The van der Waals surface area contributed by atoms with Gasteiger partial charge >= 0.3 is 0 Å². The fraction of sp³-hybridized carbons (Fsp3) is 0.464. The maximum absolute atomic E-state index is 12.8. The molecule has 0 aliphatic heterocycles. The summed E-state index contributed by atoms with van der Waals surface area (Å²) in [4.78, 5) is 12.8. The van der Waals surface area contributed by atoms with Crippen molar-refractivity contribution in [3.63, 3.8) is 0 Å². The molecular formula is C28H39NO3. The van der Waals surface area contributed by atoms with Crippen LogP contribution in [0.25, 0.3) is 6.08 Å². The Morgan fingerprint density at radius 1 is 1.00 bits per heavy atom. The van der Waals surface area contributed by atoms with Crippen LogP contribution < -0.4 is 10.1 Å². The average Bonchev–Trinajstić information content (AvgIpc) is 2.78. The monoisotopic (exact) mass is 437 g/mol. The van der Waals surface area contributed by atoms with Crippen LogP contribution >= 0.6 is 0 Å². The van der Waals surface area contributed by atoms with Crippen LogP contribution in [0.5, 0.6) is 11.5 Å². The predicted molar refractivity (Wildman–Crippen MR) is 135 cm³/mol. The van der Waals surface area contributed by atoms with E-state index >= 15 is 0 Å². The molecular weight excluding hydrogens is 398 g/mol. The van der Waals surface area contributed by atoms with Gasteiger partial charge in [-0.3, -0.25) is 4.79 Å². The predicted octanol–water partition coefficient (Wildman–Crippen LogP) is 7.10. The molecule has 0 heterocycles. The lowest BCUT2D eigenvalue weighted by Crippen LogP contribution is -2.22. The van der Waals surface area contributed by atoms with Crippen LogP contribution in [-0.2, 0) is 10.8 Å². The van der Waals surface area contributed by atoms with Crippen molar-refractivity contribution in [3.8, 4) is 11.5 Å². The highest BCUT2D eigenvalue weighted by atomic mass is 16.5. The summed E-state index contributed by atoms with van der Waals surface area (Å²) in [6.07, 6.45) is 5.03. The molecule has 2 aromatic carbocycles. The van der Waals surface area contributed by atoms with Crippen LogP contribution in [0, 0.1) is 0 Å². The van der Waals surface area contributed by atoms with Gasteiger partial charge in [-0.05, 0) is 73.1 Å². The first-order chi connectivity index (χ1) is 15.0. The highest BCUT2D eigenvalue weighted by molar-refractivity contribution is 6.07. The van der Waals surface area contributed by atoms with E-state index in [9.17, 15) is 9.90 Å². The number of carbonyl (C=O) groups is 1. The molecule has 0 aliphatic carbocycles. The van der Waals surface area contributed by atoms with Crippen LogP contribution in [-0.4, -0.2) is 24.5 Å². The van der Waals surface area contributed by atoms with Gasteiger partial charge in [0.25, 0.3) is 0 Å². The average molecular weight is 438 g/mol. The summed E-state index contributed by atoms with van der Waals surface area (Å²) in [6.45, 7) is 15.3. The van der Waals surface area contributed by atoms with Gasteiger partial charge in [0.05, 0.1) is 12.2 Å². The number of carbonyl (C=O) groups excluding carboxylic acids is 1. The molecule has 0 bridgehead atoms. The molecule has 0 atom stereocenters. The second kappa shape index (κ2) is 10.2. The van der Waals surface area contributed by atoms with Gasteiger partial charge in [0.15, 0.2) is 5.78 Å². The van der Waals surface area contributed by atoms with E-state index in [2.05, 4.69) is 52.9 Å². The molecule has 0 saturated carbocycles. The van der Waals surface area contributed by atoms with E-state index in [1.165, 1.54) is 6.08 Å². The first-order valence-corrected chi connectivity index (χ1v) is 11.6. The third-order valence-corrected chi connectivity index (χ3v) is 6.66. The number of allylic oxidation sites excluding steroid dienone is 1. The number of aromatic hydroxyl groups is 1. The van der Waals surface area contributed by atoms with E-state index in [1.807, 2.05) is 26.1 Å². The van der Waals surface area contributed by atoms with Gasteiger partial charge in [-0.25, -0.2) is 0 Å². The van der Waals surface area contributed by atoms with Gasteiger partial charge in [-0.2, -0.15) is 0 Å². The van der Waals surface area contributed by atoms with Crippen molar-refractivity contribution < 1.29 is 14.6 Å². The Hall–Kier alpha value is -2.75. The molecule has 0 unspecified atom stereocenters. The molecule has 4 nitrogen and oxygen atoms in total. The Labute approximate surface area is 193 Å². The van der Waals surface area contributed by atoms with Gasteiger partial charge in [0, 0.05) is 29.4 Å². The lowest BCUT2D eigenvalue weighted by atomic mass is 9.74. The molecule has 4 heteroatoms. The zero-order chi connectivity index (χ0) is 24.1. The third kappa shape index (κ3) is 5.35. The fourth-order valence-corrected chi connectivity index (χ4v) is 3.59. The maximum atomic E-state index is 12.8. The van der Waals surface area contributed by atoms with Crippen LogP contribution in [0.15, 0.2) is 36.4 Å². The van der Waals surface area contributed by atoms with Gasteiger partial charge in [-0.1, -0.05) is 41.5 Å². The minimum absolute atomic E-state index is 0.119. The van der Waals surface area contributed by atoms with Crippen molar-refractivity contribution in [3.05, 3.63) is 58.7 Å². The van der Waals surface area contributed by atoms with Gasteiger partial charge < -0.3 is 15.2 Å².